The first-order valence-electron chi connectivity index (χ1n) is 3.75. The van der Waals surface area contributed by atoms with Gasteiger partial charge in [0.15, 0.2) is 0 Å². The Labute approximate surface area is 87.2 Å². The molecule has 0 bridgehead atoms. The molecule has 0 amide bonds. The summed E-state index contributed by atoms with van der Waals surface area (Å²) in [5.74, 6) is 0. The van der Waals surface area contributed by atoms with Crippen LogP contribution in [-0.2, 0) is 20.2 Å². The van der Waals surface area contributed by atoms with Gasteiger partial charge in [0, 0.05) is 0 Å². The molecule has 0 fully saturated rings. The minimum absolute atomic E-state index is 0.127. The Kier molecular flexibility index (Phi) is 3.12. The van der Waals surface area contributed by atoms with Gasteiger partial charge in [0.2, 0.25) is 10.0 Å². The van der Waals surface area contributed by atoms with E-state index in [1.807, 2.05) is 4.72 Å². The molecule has 0 aliphatic rings. The summed E-state index contributed by atoms with van der Waals surface area (Å²) in [4.78, 5) is -0.699. The average Bonchev–Trinajstić information content (AvgIpc) is 2.17. The van der Waals surface area contributed by atoms with Crippen LogP contribution >= 0.6 is 0 Å². The van der Waals surface area contributed by atoms with E-state index < -0.39 is 25.1 Å². The van der Waals surface area contributed by atoms with Crippen molar-refractivity contribution in [1.29, 1.82) is 0 Å². The number of halogens is 1. The van der Waals surface area contributed by atoms with Crippen molar-refractivity contribution in [2.45, 2.75) is 9.79 Å². The number of sulfonamides is 1. The molecule has 0 aliphatic heterocycles. The van der Waals surface area contributed by atoms with Crippen LogP contribution in [0.3, 0.4) is 0 Å². The van der Waals surface area contributed by atoms with Crippen LogP contribution in [0.2, 0.25) is 0 Å². The van der Waals surface area contributed by atoms with E-state index in [2.05, 4.69) is 0 Å². The third-order valence-electron chi connectivity index (χ3n) is 1.68. The highest BCUT2D eigenvalue weighted by Gasteiger charge is 2.15. The Balaban J connectivity index is 3.24. The van der Waals surface area contributed by atoms with Crippen LogP contribution < -0.4 is 4.72 Å². The van der Waals surface area contributed by atoms with Crippen LogP contribution in [0.5, 0.6) is 0 Å². The van der Waals surface area contributed by atoms with Crippen molar-refractivity contribution in [3.8, 4) is 0 Å². The van der Waals surface area contributed by atoms with Crippen molar-refractivity contribution in [1.82, 2.24) is 4.72 Å². The van der Waals surface area contributed by atoms with Crippen molar-refractivity contribution in [3.05, 3.63) is 24.3 Å². The SMILES string of the molecule is CNS(=O)(=O)c1ccc(S(=O)(=O)F)cc1. The Morgan fingerprint density at radius 3 is 1.73 bits per heavy atom. The predicted molar refractivity (Wildman–Crippen MR) is 51.0 cm³/mol. The fourth-order valence-corrected chi connectivity index (χ4v) is 2.09. The summed E-state index contributed by atoms with van der Waals surface area (Å²) in [7, 11) is -7.20. The van der Waals surface area contributed by atoms with Crippen LogP contribution in [0.15, 0.2) is 34.1 Å². The lowest BCUT2D eigenvalue weighted by atomic mass is 10.4. The fourth-order valence-electron chi connectivity index (χ4n) is 0.899. The second-order valence-electron chi connectivity index (χ2n) is 2.62. The van der Waals surface area contributed by atoms with Gasteiger partial charge >= 0.3 is 10.2 Å². The van der Waals surface area contributed by atoms with E-state index >= 15 is 0 Å². The molecular formula is C7H8FNO4S2. The Morgan fingerprint density at radius 2 is 1.40 bits per heavy atom. The van der Waals surface area contributed by atoms with Crippen LogP contribution in [0, 0.1) is 0 Å². The highest BCUT2D eigenvalue weighted by Crippen LogP contribution is 2.15. The third kappa shape index (κ3) is 2.74. The summed E-state index contributed by atoms with van der Waals surface area (Å²) in [6, 6.07) is 3.80. The minimum atomic E-state index is -4.79. The highest BCUT2D eigenvalue weighted by molar-refractivity contribution is 7.89. The number of hydrogen-bond donors (Lipinski definition) is 1. The zero-order chi connectivity index (χ0) is 11.7. The third-order valence-corrected chi connectivity index (χ3v) is 3.95. The van der Waals surface area contributed by atoms with Gasteiger partial charge in [-0.25, -0.2) is 13.1 Å². The molecule has 0 saturated carbocycles. The van der Waals surface area contributed by atoms with E-state index in [-0.39, 0.29) is 4.90 Å². The molecule has 1 aromatic carbocycles. The molecule has 0 atom stereocenters. The molecule has 0 aromatic heterocycles. The molecule has 0 radical (unpaired) electrons. The summed E-state index contributed by atoms with van der Waals surface area (Å²) in [6.07, 6.45) is 0. The maximum atomic E-state index is 12.4. The molecule has 0 saturated heterocycles. The summed E-state index contributed by atoms with van der Waals surface area (Å²) >= 11 is 0. The standard InChI is InChI=1S/C7H8FNO4S2/c1-9-15(12,13)7-4-2-6(3-5-7)14(8,10)11/h2-5,9H,1H3. The molecule has 0 heterocycles. The van der Waals surface area contributed by atoms with Crippen LogP contribution in [-0.4, -0.2) is 23.9 Å². The summed E-state index contributed by atoms with van der Waals surface area (Å²) in [6.45, 7) is 0. The molecule has 8 heteroatoms. The van der Waals surface area contributed by atoms with Gasteiger partial charge in [-0.15, -0.1) is 3.89 Å². The van der Waals surface area contributed by atoms with Crippen LogP contribution in [0.4, 0.5) is 3.89 Å². The Hall–Kier alpha value is -0.990. The van der Waals surface area contributed by atoms with Gasteiger partial charge in [-0.05, 0) is 31.3 Å². The highest BCUT2D eigenvalue weighted by atomic mass is 32.3. The maximum absolute atomic E-state index is 12.4. The fraction of sp³-hybridized carbons (Fsp3) is 0.143. The van der Waals surface area contributed by atoms with E-state index in [1.165, 1.54) is 7.05 Å². The number of rotatable bonds is 3. The van der Waals surface area contributed by atoms with Crippen molar-refractivity contribution in [2.24, 2.45) is 0 Å². The number of benzene rings is 1. The van der Waals surface area contributed by atoms with Crippen LogP contribution in [0.25, 0.3) is 0 Å². The maximum Gasteiger partial charge on any atom is 0.332 e. The topological polar surface area (TPSA) is 80.3 Å². The predicted octanol–water partition coefficient (Wildman–Crippen LogP) is 0.253. The lowest BCUT2D eigenvalue weighted by molar-refractivity contribution is 0.551. The van der Waals surface area contributed by atoms with Gasteiger partial charge in [0.05, 0.1) is 9.79 Å². The first-order valence-corrected chi connectivity index (χ1v) is 6.62. The molecule has 0 unspecified atom stereocenters. The quantitative estimate of drug-likeness (QED) is 0.783. The largest absolute Gasteiger partial charge is 0.332 e. The van der Waals surface area contributed by atoms with E-state index in [1.54, 1.807) is 0 Å². The molecule has 15 heavy (non-hydrogen) atoms. The van der Waals surface area contributed by atoms with Gasteiger partial charge in [-0.2, -0.15) is 8.42 Å². The molecular weight excluding hydrogens is 245 g/mol. The smallest absolute Gasteiger partial charge is 0.214 e. The zero-order valence-electron chi connectivity index (χ0n) is 7.64. The van der Waals surface area contributed by atoms with E-state index in [4.69, 9.17) is 0 Å². The lowest BCUT2D eigenvalue weighted by Crippen LogP contribution is -2.18. The normalized spacial score (nSPS) is 12.7. The second kappa shape index (κ2) is 3.87. The van der Waals surface area contributed by atoms with E-state index in [0.29, 0.717) is 0 Å². The van der Waals surface area contributed by atoms with E-state index in [0.717, 1.165) is 24.3 Å². The molecule has 5 nitrogen and oxygen atoms in total. The molecule has 0 aliphatic carbocycles. The summed E-state index contributed by atoms with van der Waals surface area (Å²) < 4.78 is 57.8. The van der Waals surface area contributed by atoms with Gasteiger partial charge in [0.1, 0.15) is 0 Å². The minimum Gasteiger partial charge on any atom is -0.214 e. The Morgan fingerprint density at radius 1 is 1.00 bits per heavy atom. The number of hydrogen-bond acceptors (Lipinski definition) is 4. The first-order chi connectivity index (χ1) is 6.77. The molecule has 1 N–H and O–H groups in total. The monoisotopic (exact) mass is 253 g/mol. The van der Waals surface area contributed by atoms with Gasteiger partial charge < -0.3 is 0 Å². The first kappa shape index (κ1) is 12.1. The molecule has 0 spiro atoms. The average molecular weight is 253 g/mol. The molecule has 1 aromatic rings. The van der Waals surface area contributed by atoms with Gasteiger partial charge in [0.25, 0.3) is 0 Å². The molecule has 1 rings (SSSR count). The van der Waals surface area contributed by atoms with Crippen molar-refractivity contribution >= 4 is 20.2 Å². The molecule has 84 valence electrons. The second-order valence-corrected chi connectivity index (χ2v) is 5.85. The van der Waals surface area contributed by atoms with Gasteiger partial charge in [-0.3, -0.25) is 0 Å². The van der Waals surface area contributed by atoms with E-state index in [9.17, 15) is 20.7 Å². The summed E-state index contributed by atoms with van der Waals surface area (Å²) in [5.41, 5.74) is 0. The van der Waals surface area contributed by atoms with Crippen LogP contribution in [0.1, 0.15) is 0 Å². The number of nitrogens with one attached hydrogen (secondary N) is 1. The zero-order valence-corrected chi connectivity index (χ0v) is 9.27. The Bertz CT molecular complexity index is 547. The van der Waals surface area contributed by atoms with Crippen molar-refractivity contribution in [3.63, 3.8) is 0 Å². The van der Waals surface area contributed by atoms with Crippen molar-refractivity contribution in [2.75, 3.05) is 7.05 Å². The van der Waals surface area contributed by atoms with Crippen molar-refractivity contribution < 1.29 is 20.7 Å². The lowest BCUT2D eigenvalue weighted by Gasteiger charge is -2.01. The summed E-state index contributed by atoms with van der Waals surface area (Å²) in [5, 5.41) is 0. The van der Waals surface area contributed by atoms with Gasteiger partial charge in [-0.1, -0.05) is 0 Å².